The van der Waals surface area contributed by atoms with Crippen LogP contribution in [0.3, 0.4) is 0 Å². The van der Waals surface area contributed by atoms with Crippen LogP contribution >= 0.6 is 11.3 Å². The molecule has 28 heavy (non-hydrogen) atoms. The minimum atomic E-state index is -0.386. The van der Waals surface area contributed by atoms with E-state index in [0.29, 0.717) is 24.3 Å². The number of rotatable bonds is 6. The van der Waals surface area contributed by atoms with Gasteiger partial charge < -0.3 is 15.1 Å². The highest BCUT2D eigenvalue weighted by atomic mass is 32.1. The molecule has 2 aromatic heterocycles. The first kappa shape index (κ1) is 19.1. The molecule has 1 aliphatic carbocycles. The second kappa shape index (κ2) is 8.03. The summed E-state index contributed by atoms with van der Waals surface area (Å²) in [4.78, 5) is 32.3. The third kappa shape index (κ3) is 3.70. The fourth-order valence-corrected chi connectivity index (χ4v) is 5.16. The number of amides is 1. The molecule has 7 nitrogen and oxygen atoms in total. The van der Waals surface area contributed by atoms with Crippen molar-refractivity contribution < 1.29 is 4.79 Å². The lowest BCUT2D eigenvalue weighted by atomic mass is 9.83. The van der Waals surface area contributed by atoms with Crippen LogP contribution in [0.4, 0.5) is 11.9 Å². The van der Waals surface area contributed by atoms with Crippen LogP contribution in [0.15, 0.2) is 17.5 Å². The van der Waals surface area contributed by atoms with Gasteiger partial charge >= 0.3 is 0 Å². The van der Waals surface area contributed by atoms with E-state index in [1.54, 1.807) is 11.3 Å². The van der Waals surface area contributed by atoms with Crippen molar-refractivity contribution in [1.29, 1.82) is 0 Å². The average Bonchev–Trinajstić information content (AvgIpc) is 3.47. The van der Waals surface area contributed by atoms with Crippen molar-refractivity contribution in [2.24, 2.45) is 0 Å². The van der Waals surface area contributed by atoms with E-state index in [2.05, 4.69) is 36.6 Å². The molecule has 1 saturated heterocycles. The van der Waals surface area contributed by atoms with Crippen LogP contribution < -0.4 is 15.1 Å². The Morgan fingerprint density at radius 1 is 1.18 bits per heavy atom. The van der Waals surface area contributed by atoms with Gasteiger partial charge in [-0.1, -0.05) is 18.9 Å². The minimum absolute atomic E-state index is 0.0991. The van der Waals surface area contributed by atoms with Crippen LogP contribution in [-0.2, 0) is 16.8 Å². The number of nitrogens with one attached hydrogen (secondary N) is 1. The predicted molar refractivity (Wildman–Crippen MR) is 112 cm³/mol. The summed E-state index contributed by atoms with van der Waals surface area (Å²) < 4.78 is 0. The van der Waals surface area contributed by atoms with Crippen LogP contribution in [0.5, 0.6) is 0 Å². The van der Waals surface area contributed by atoms with Gasteiger partial charge in [0.25, 0.3) is 0 Å². The molecule has 2 aliphatic rings. The molecule has 150 valence electrons. The maximum absolute atomic E-state index is 13.2. The number of thiophene rings is 1. The molecule has 0 atom stereocenters. The fraction of sp³-hybridized carbons (Fsp3) is 0.600. The molecule has 0 bridgehead atoms. The summed E-state index contributed by atoms with van der Waals surface area (Å²) in [5.41, 5.74) is -0.386. The second-order valence-electron chi connectivity index (χ2n) is 7.89. The normalized spacial score (nSPS) is 18.4. The number of hydrogen-bond acceptors (Lipinski definition) is 7. The van der Waals surface area contributed by atoms with Gasteiger partial charge in [0, 0.05) is 32.1 Å². The summed E-state index contributed by atoms with van der Waals surface area (Å²) in [6.07, 6.45) is 6.36. The lowest BCUT2D eigenvalue weighted by Gasteiger charge is -2.26. The number of nitrogens with zero attached hydrogens (tertiary/aromatic N) is 5. The Labute approximate surface area is 170 Å². The average molecular weight is 401 g/mol. The largest absolute Gasteiger partial charge is 0.348 e. The van der Waals surface area contributed by atoms with E-state index in [9.17, 15) is 4.79 Å². The summed E-state index contributed by atoms with van der Waals surface area (Å²) in [6.45, 7) is 2.28. The number of hydrogen-bond donors (Lipinski definition) is 1. The zero-order chi connectivity index (χ0) is 19.6. The van der Waals surface area contributed by atoms with Gasteiger partial charge in [0.2, 0.25) is 17.8 Å². The first-order chi connectivity index (χ1) is 13.6. The van der Waals surface area contributed by atoms with E-state index in [4.69, 9.17) is 0 Å². The van der Waals surface area contributed by atoms with Crippen molar-refractivity contribution in [3.8, 4) is 0 Å². The lowest BCUT2D eigenvalue weighted by molar-refractivity contribution is -0.126. The third-order valence-corrected chi connectivity index (χ3v) is 6.81. The molecular formula is C20H28N6OS. The molecule has 1 aliphatic heterocycles. The summed E-state index contributed by atoms with van der Waals surface area (Å²) in [5, 5.41) is 5.19. The second-order valence-corrected chi connectivity index (χ2v) is 8.84. The smallest absolute Gasteiger partial charge is 0.231 e. The van der Waals surface area contributed by atoms with Gasteiger partial charge in [-0.2, -0.15) is 15.0 Å². The maximum atomic E-state index is 13.2. The molecule has 1 saturated carbocycles. The summed E-state index contributed by atoms with van der Waals surface area (Å²) in [7, 11) is 3.85. The highest BCUT2D eigenvalue weighted by molar-refractivity contribution is 7.10. The summed E-state index contributed by atoms with van der Waals surface area (Å²) in [5.74, 6) is 2.07. The predicted octanol–water partition coefficient (Wildman–Crippen LogP) is 2.73. The molecule has 4 rings (SSSR count). The van der Waals surface area contributed by atoms with Gasteiger partial charge in [0.15, 0.2) is 5.82 Å². The fourth-order valence-electron chi connectivity index (χ4n) is 4.18. The number of aromatic nitrogens is 3. The number of carbonyl (C=O) groups excluding carboxylic acids is 1. The van der Waals surface area contributed by atoms with Gasteiger partial charge in [0.1, 0.15) is 0 Å². The van der Waals surface area contributed by atoms with Gasteiger partial charge in [-0.05, 0) is 37.1 Å². The monoisotopic (exact) mass is 400 g/mol. The van der Waals surface area contributed by atoms with Crippen LogP contribution in [0.25, 0.3) is 0 Å². The Kier molecular flexibility index (Phi) is 5.48. The molecular weight excluding hydrogens is 372 g/mol. The van der Waals surface area contributed by atoms with Crippen LogP contribution in [0.1, 0.15) is 49.2 Å². The Morgan fingerprint density at radius 2 is 1.93 bits per heavy atom. The summed E-state index contributed by atoms with van der Waals surface area (Å²) in [6, 6.07) is 4.12. The SMILES string of the molecule is CN(C)c1nc(CNC(=O)C2(c3cccs3)CCCC2)nc(N2CCCC2)n1. The van der Waals surface area contributed by atoms with Gasteiger partial charge in [0.05, 0.1) is 12.0 Å². The Balaban J connectivity index is 1.53. The van der Waals surface area contributed by atoms with Crippen LogP contribution in [-0.4, -0.2) is 48.0 Å². The van der Waals surface area contributed by atoms with Crippen LogP contribution in [0, 0.1) is 0 Å². The van der Waals surface area contributed by atoms with E-state index in [1.165, 1.54) is 17.7 Å². The molecule has 2 aromatic rings. The molecule has 2 fully saturated rings. The number of carbonyl (C=O) groups is 1. The first-order valence-corrected chi connectivity index (χ1v) is 11.0. The number of anilines is 2. The molecule has 3 heterocycles. The van der Waals surface area contributed by atoms with E-state index in [1.807, 2.05) is 25.1 Å². The zero-order valence-electron chi connectivity index (χ0n) is 16.6. The topological polar surface area (TPSA) is 74.2 Å². The Bertz CT molecular complexity index is 810. The summed E-state index contributed by atoms with van der Waals surface area (Å²) >= 11 is 1.68. The molecule has 0 unspecified atom stereocenters. The van der Waals surface area contributed by atoms with Crippen molar-refractivity contribution in [2.45, 2.75) is 50.5 Å². The quantitative estimate of drug-likeness (QED) is 0.804. The van der Waals surface area contributed by atoms with Crippen molar-refractivity contribution >= 4 is 29.1 Å². The first-order valence-electron chi connectivity index (χ1n) is 10.1. The van der Waals surface area contributed by atoms with E-state index < -0.39 is 0 Å². The molecule has 0 aromatic carbocycles. The van der Waals surface area contributed by atoms with Gasteiger partial charge in [-0.15, -0.1) is 11.3 Å². The third-order valence-electron chi connectivity index (χ3n) is 5.74. The van der Waals surface area contributed by atoms with Crippen molar-refractivity contribution in [3.63, 3.8) is 0 Å². The van der Waals surface area contributed by atoms with Crippen LogP contribution in [0.2, 0.25) is 0 Å². The van der Waals surface area contributed by atoms with E-state index >= 15 is 0 Å². The van der Waals surface area contributed by atoms with E-state index in [-0.39, 0.29) is 11.3 Å². The molecule has 8 heteroatoms. The standard InChI is InChI=1S/C20H28N6OS/c1-25(2)18-22-16(23-19(24-18)26-11-5-6-12-26)14-21-17(27)20(9-3-4-10-20)15-8-7-13-28-15/h7-8,13H,3-6,9-12,14H2,1-2H3,(H,21,27). The van der Waals surface area contributed by atoms with E-state index in [0.717, 1.165) is 38.8 Å². The van der Waals surface area contributed by atoms with Gasteiger partial charge in [-0.25, -0.2) is 0 Å². The van der Waals surface area contributed by atoms with Gasteiger partial charge in [-0.3, -0.25) is 4.79 Å². The molecule has 0 radical (unpaired) electrons. The Morgan fingerprint density at radius 3 is 2.57 bits per heavy atom. The van der Waals surface area contributed by atoms with Crippen molar-refractivity contribution in [3.05, 3.63) is 28.2 Å². The van der Waals surface area contributed by atoms with Crippen molar-refractivity contribution in [2.75, 3.05) is 37.0 Å². The van der Waals surface area contributed by atoms with Crippen molar-refractivity contribution in [1.82, 2.24) is 20.3 Å². The Hall–Kier alpha value is -2.22. The maximum Gasteiger partial charge on any atom is 0.231 e. The molecule has 0 spiro atoms. The zero-order valence-corrected chi connectivity index (χ0v) is 17.5. The molecule has 1 N–H and O–H groups in total. The minimum Gasteiger partial charge on any atom is -0.348 e. The highest BCUT2D eigenvalue weighted by Crippen LogP contribution is 2.43. The molecule has 1 amide bonds. The highest BCUT2D eigenvalue weighted by Gasteiger charge is 2.43. The lowest BCUT2D eigenvalue weighted by Crippen LogP contribution is -2.42.